The van der Waals surface area contributed by atoms with Crippen molar-refractivity contribution in [2.45, 2.75) is 39.3 Å². The zero-order chi connectivity index (χ0) is 15.0. The highest BCUT2D eigenvalue weighted by Crippen LogP contribution is 2.26. The Kier molecular flexibility index (Phi) is 3.59. The Bertz CT molecular complexity index is 762. The van der Waals surface area contributed by atoms with Crippen molar-refractivity contribution in [3.63, 3.8) is 0 Å². The van der Waals surface area contributed by atoms with E-state index in [4.69, 9.17) is 10.7 Å². The maximum atomic E-state index is 5.86. The van der Waals surface area contributed by atoms with Gasteiger partial charge in [0.15, 0.2) is 0 Å². The van der Waals surface area contributed by atoms with Gasteiger partial charge in [-0.05, 0) is 11.6 Å². The zero-order valence-corrected chi connectivity index (χ0v) is 13.6. The van der Waals surface area contributed by atoms with Gasteiger partial charge in [-0.25, -0.2) is 4.98 Å². The van der Waals surface area contributed by atoms with Crippen LogP contribution < -0.4 is 5.73 Å². The molecule has 0 aliphatic carbocycles. The summed E-state index contributed by atoms with van der Waals surface area (Å²) in [6.07, 6.45) is 2.16. The van der Waals surface area contributed by atoms with Crippen LogP contribution in [0.15, 0.2) is 35.8 Å². The van der Waals surface area contributed by atoms with Gasteiger partial charge < -0.3 is 10.3 Å². The number of hydrogen-bond acceptors (Lipinski definition) is 3. The molecule has 1 aromatic carbocycles. The van der Waals surface area contributed by atoms with E-state index in [1.807, 2.05) is 0 Å². The molecule has 0 saturated carbocycles. The number of nitrogens with two attached hydrogens (primary N) is 1. The number of fused-ring (bicyclic) bond motifs is 1. The molecule has 3 nitrogen and oxygen atoms in total. The predicted molar refractivity (Wildman–Crippen MR) is 89.7 cm³/mol. The number of hydrogen-bond donors (Lipinski definition) is 1. The first-order chi connectivity index (χ1) is 9.99. The smallest absolute Gasteiger partial charge is 0.113 e. The summed E-state index contributed by atoms with van der Waals surface area (Å²) in [7, 11) is 0. The number of benzene rings is 1. The first-order valence-corrected chi connectivity index (χ1v) is 8.08. The zero-order valence-electron chi connectivity index (χ0n) is 12.8. The topological polar surface area (TPSA) is 43.8 Å². The van der Waals surface area contributed by atoms with Crippen molar-refractivity contribution in [3.8, 4) is 0 Å². The number of nitrogens with zero attached hydrogens (tertiary/aromatic N) is 2. The van der Waals surface area contributed by atoms with Crippen LogP contribution >= 0.6 is 11.3 Å². The van der Waals surface area contributed by atoms with Crippen LogP contribution in [-0.2, 0) is 18.5 Å². The molecule has 0 atom stereocenters. The predicted octanol–water partition coefficient (Wildman–Crippen LogP) is 3.90. The van der Waals surface area contributed by atoms with Gasteiger partial charge in [-0.3, -0.25) is 0 Å². The Morgan fingerprint density at radius 2 is 2.00 bits per heavy atom. The maximum absolute atomic E-state index is 5.86. The standard InChI is InChI=1S/C17H21N3S/c1-17(2,3)15-11-21-16(19-15)10-20-9-12(8-18)13-6-4-5-7-14(13)20/h4-7,9,11H,8,10,18H2,1-3H3. The van der Waals surface area contributed by atoms with E-state index in [-0.39, 0.29) is 5.41 Å². The first kappa shape index (κ1) is 14.3. The fraction of sp³-hybridized carbons (Fsp3) is 0.353. The average Bonchev–Trinajstić information content (AvgIpc) is 3.04. The van der Waals surface area contributed by atoms with Crippen molar-refractivity contribution in [3.05, 3.63) is 52.1 Å². The minimum Gasteiger partial charge on any atom is -0.340 e. The summed E-state index contributed by atoms with van der Waals surface area (Å²) in [4.78, 5) is 4.79. The third kappa shape index (κ3) is 2.74. The average molecular weight is 299 g/mol. The lowest BCUT2D eigenvalue weighted by Gasteiger charge is -2.14. The van der Waals surface area contributed by atoms with Gasteiger partial charge in [-0.2, -0.15) is 0 Å². The van der Waals surface area contributed by atoms with Crippen molar-refractivity contribution in [1.82, 2.24) is 9.55 Å². The van der Waals surface area contributed by atoms with Crippen LogP contribution in [0.3, 0.4) is 0 Å². The largest absolute Gasteiger partial charge is 0.340 e. The molecular formula is C17H21N3S. The van der Waals surface area contributed by atoms with E-state index in [0.29, 0.717) is 6.54 Å². The van der Waals surface area contributed by atoms with E-state index in [0.717, 1.165) is 17.2 Å². The number of para-hydroxylation sites is 1. The molecule has 0 amide bonds. The Morgan fingerprint density at radius 1 is 1.24 bits per heavy atom. The second kappa shape index (κ2) is 5.28. The summed E-state index contributed by atoms with van der Waals surface area (Å²) in [5.74, 6) is 0. The van der Waals surface area contributed by atoms with Crippen molar-refractivity contribution < 1.29 is 0 Å². The van der Waals surface area contributed by atoms with Gasteiger partial charge in [-0.1, -0.05) is 39.0 Å². The van der Waals surface area contributed by atoms with Gasteiger partial charge in [0.25, 0.3) is 0 Å². The van der Waals surface area contributed by atoms with Crippen LogP contribution in [0.25, 0.3) is 10.9 Å². The van der Waals surface area contributed by atoms with Crippen molar-refractivity contribution in [1.29, 1.82) is 0 Å². The van der Waals surface area contributed by atoms with Gasteiger partial charge >= 0.3 is 0 Å². The molecular weight excluding hydrogens is 278 g/mol. The fourth-order valence-electron chi connectivity index (χ4n) is 2.49. The molecule has 0 spiro atoms. The highest BCUT2D eigenvalue weighted by Gasteiger charge is 2.17. The highest BCUT2D eigenvalue weighted by atomic mass is 32.1. The number of thiazole rings is 1. The quantitative estimate of drug-likeness (QED) is 0.797. The summed E-state index contributed by atoms with van der Waals surface area (Å²) >= 11 is 1.73. The molecule has 2 N–H and O–H groups in total. The Hall–Kier alpha value is -1.65. The molecule has 2 heterocycles. The minimum absolute atomic E-state index is 0.107. The Balaban J connectivity index is 1.97. The van der Waals surface area contributed by atoms with Crippen molar-refractivity contribution in [2.24, 2.45) is 5.73 Å². The fourth-order valence-corrected chi connectivity index (χ4v) is 3.51. The van der Waals surface area contributed by atoms with Crippen molar-refractivity contribution >= 4 is 22.2 Å². The third-order valence-corrected chi connectivity index (χ3v) is 4.55. The van der Waals surface area contributed by atoms with E-state index in [1.165, 1.54) is 16.5 Å². The molecule has 0 fully saturated rings. The lowest BCUT2D eigenvalue weighted by molar-refractivity contribution is 0.570. The molecule has 4 heteroatoms. The summed E-state index contributed by atoms with van der Waals surface area (Å²) in [6, 6.07) is 8.41. The number of aromatic nitrogens is 2. The van der Waals surface area contributed by atoms with Gasteiger partial charge in [0.2, 0.25) is 0 Å². The first-order valence-electron chi connectivity index (χ1n) is 7.21. The normalized spacial score (nSPS) is 12.2. The maximum Gasteiger partial charge on any atom is 0.113 e. The molecule has 2 aromatic heterocycles. The van der Waals surface area contributed by atoms with Crippen LogP contribution in [0, 0.1) is 0 Å². The van der Waals surface area contributed by atoms with E-state index < -0.39 is 0 Å². The van der Waals surface area contributed by atoms with Gasteiger partial charge in [0, 0.05) is 34.4 Å². The second-order valence-corrected chi connectivity index (χ2v) is 7.32. The SMILES string of the molecule is CC(C)(C)c1csc(Cn2cc(CN)c3ccccc32)n1. The van der Waals surface area contributed by atoms with Crippen LogP contribution in [0.1, 0.15) is 37.0 Å². The molecule has 0 bridgehead atoms. The van der Waals surface area contributed by atoms with Gasteiger partial charge in [-0.15, -0.1) is 11.3 Å². The van der Waals surface area contributed by atoms with E-state index in [9.17, 15) is 0 Å². The minimum atomic E-state index is 0.107. The van der Waals surface area contributed by atoms with Crippen LogP contribution in [0.4, 0.5) is 0 Å². The van der Waals surface area contributed by atoms with Gasteiger partial charge in [0.1, 0.15) is 5.01 Å². The molecule has 3 aromatic rings. The Morgan fingerprint density at radius 3 is 2.67 bits per heavy atom. The monoisotopic (exact) mass is 299 g/mol. The van der Waals surface area contributed by atoms with E-state index in [1.54, 1.807) is 11.3 Å². The lowest BCUT2D eigenvalue weighted by Crippen LogP contribution is -2.11. The van der Waals surface area contributed by atoms with E-state index in [2.05, 4.69) is 61.2 Å². The second-order valence-electron chi connectivity index (χ2n) is 6.38. The van der Waals surface area contributed by atoms with E-state index >= 15 is 0 Å². The number of rotatable bonds is 3. The Labute approximate surface area is 129 Å². The summed E-state index contributed by atoms with van der Waals surface area (Å²) in [5, 5.41) is 4.56. The molecule has 0 aliphatic heterocycles. The molecule has 0 unspecified atom stereocenters. The van der Waals surface area contributed by atoms with Crippen LogP contribution in [0.2, 0.25) is 0 Å². The lowest BCUT2D eigenvalue weighted by atomic mass is 9.93. The van der Waals surface area contributed by atoms with Gasteiger partial charge in [0.05, 0.1) is 12.2 Å². The van der Waals surface area contributed by atoms with Crippen LogP contribution in [-0.4, -0.2) is 9.55 Å². The summed E-state index contributed by atoms with van der Waals surface area (Å²) in [6.45, 7) is 7.97. The van der Waals surface area contributed by atoms with Crippen LogP contribution in [0.5, 0.6) is 0 Å². The molecule has 0 aliphatic rings. The molecule has 0 radical (unpaired) electrons. The molecule has 3 rings (SSSR count). The third-order valence-electron chi connectivity index (χ3n) is 3.72. The molecule has 21 heavy (non-hydrogen) atoms. The highest BCUT2D eigenvalue weighted by molar-refractivity contribution is 7.09. The molecule has 0 saturated heterocycles. The summed E-state index contributed by atoms with van der Waals surface area (Å²) < 4.78 is 2.25. The molecule has 110 valence electrons. The summed E-state index contributed by atoms with van der Waals surface area (Å²) in [5.41, 5.74) is 9.55. The van der Waals surface area contributed by atoms with Crippen molar-refractivity contribution in [2.75, 3.05) is 0 Å².